The molecule has 18 heavy (non-hydrogen) atoms. The first kappa shape index (κ1) is 12.6. The van der Waals surface area contributed by atoms with Crippen molar-refractivity contribution in [1.29, 1.82) is 0 Å². The van der Waals surface area contributed by atoms with Gasteiger partial charge in [-0.3, -0.25) is 0 Å². The van der Waals surface area contributed by atoms with Gasteiger partial charge in [-0.25, -0.2) is 0 Å². The lowest BCUT2D eigenvalue weighted by Crippen LogP contribution is -2.03. The molecule has 0 unspecified atom stereocenters. The lowest BCUT2D eigenvalue weighted by Gasteiger charge is -2.10. The second-order valence-corrected chi connectivity index (χ2v) is 4.40. The third-order valence-corrected chi connectivity index (χ3v) is 2.92. The fourth-order valence-corrected chi connectivity index (χ4v) is 1.85. The van der Waals surface area contributed by atoms with Gasteiger partial charge in [-0.2, -0.15) is 0 Å². The first-order chi connectivity index (χ1) is 8.66. The highest BCUT2D eigenvalue weighted by molar-refractivity contribution is 6.32. The standard InChI is InChI=1S/C14H15ClN2O/c15-11-8-12(16)13(17)9-14(11)18-7-6-10-4-2-1-3-5-10/h1-5,8-9H,6-7,16-17H2. The van der Waals surface area contributed by atoms with E-state index in [0.717, 1.165) is 6.42 Å². The average Bonchev–Trinajstić information content (AvgIpc) is 2.37. The second kappa shape index (κ2) is 5.65. The zero-order valence-electron chi connectivity index (χ0n) is 9.90. The van der Waals surface area contributed by atoms with E-state index >= 15 is 0 Å². The highest BCUT2D eigenvalue weighted by Gasteiger charge is 2.05. The van der Waals surface area contributed by atoms with Crippen LogP contribution in [0.3, 0.4) is 0 Å². The Kier molecular flexibility index (Phi) is 3.95. The maximum absolute atomic E-state index is 6.02. The Morgan fingerprint density at radius 1 is 1.00 bits per heavy atom. The van der Waals surface area contributed by atoms with Gasteiger partial charge >= 0.3 is 0 Å². The first-order valence-corrected chi connectivity index (χ1v) is 6.06. The summed E-state index contributed by atoms with van der Waals surface area (Å²) in [6, 6.07) is 13.4. The van der Waals surface area contributed by atoms with Crippen molar-refractivity contribution in [3.05, 3.63) is 53.1 Å². The van der Waals surface area contributed by atoms with E-state index in [2.05, 4.69) is 12.1 Å². The molecule has 0 amide bonds. The quantitative estimate of drug-likeness (QED) is 0.832. The van der Waals surface area contributed by atoms with Gasteiger partial charge in [-0.1, -0.05) is 41.9 Å². The van der Waals surface area contributed by atoms with Crippen LogP contribution in [0.15, 0.2) is 42.5 Å². The first-order valence-electron chi connectivity index (χ1n) is 5.68. The largest absolute Gasteiger partial charge is 0.492 e. The Balaban J connectivity index is 1.97. The predicted octanol–water partition coefficient (Wildman–Crippen LogP) is 3.13. The Labute approximate surface area is 111 Å². The van der Waals surface area contributed by atoms with Crippen LogP contribution in [-0.2, 0) is 6.42 Å². The summed E-state index contributed by atoms with van der Waals surface area (Å²) in [5, 5.41) is 0.481. The number of nitrogen functional groups attached to an aromatic ring is 2. The smallest absolute Gasteiger partial charge is 0.140 e. The maximum Gasteiger partial charge on any atom is 0.140 e. The molecule has 0 aliphatic carbocycles. The van der Waals surface area contributed by atoms with Crippen LogP contribution in [0.4, 0.5) is 11.4 Å². The fraction of sp³-hybridized carbons (Fsp3) is 0.143. The van der Waals surface area contributed by atoms with Gasteiger partial charge in [0.15, 0.2) is 0 Å². The van der Waals surface area contributed by atoms with E-state index in [9.17, 15) is 0 Å². The van der Waals surface area contributed by atoms with Gasteiger partial charge in [-0.15, -0.1) is 0 Å². The topological polar surface area (TPSA) is 61.3 Å². The van der Waals surface area contributed by atoms with Crippen LogP contribution < -0.4 is 16.2 Å². The van der Waals surface area contributed by atoms with Crippen molar-refractivity contribution < 1.29 is 4.74 Å². The van der Waals surface area contributed by atoms with Crippen molar-refractivity contribution >= 4 is 23.0 Å². The molecule has 0 aliphatic rings. The lowest BCUT2D eigenvalue weighted by molar-refractivity contribution is 0.322. The second-order valence-electron chi connectivity index (χ2n) is 4.00. The molecule has 2 aromatic carbocycles. The molecule has 4 heteroatoms. The summed E-state index contributed by atoms with van der Waals surface area (Å²) < 4.78 is 5.61. The van der Waals surface area contributed by atoms with E-state index in [0.29, 0.717) is 28.8 Å². The molecule has 0 heterocycles. The third-order valence-electron chi connectivity index (χ3n) is 2.63. The van der Waals surface area contributed by atoms with Gasteiger partial charge in [0.25, 0.3) is 0 Å². The normalized spacial score (nSPS) is 10.3. The van der Waals surface area contributed by atoms with Crippen LogP contribution in [0, 0.1) is 0 Å². The van der Waals surface area contributed by atoms with Gasteiger partial charge in [0.2, 0.25) is 0 Å². The molecular weight excluding hydrogens is 248 g/mol. The Bertz CT molecular complexity index is 529. The summed E-state index contributed by atoms with van der Waals surface area (Å²) in [6.45, 7) is 0.549. The summed E-state index contributed by atoms with van der Waals surface area (Å²) in [5.74, 6) is 0.569. The molecule has 2 aromatic rings. The van der Waals surface area contributed by atoms with Crippen molar-refractivity contribution in [2.24, 2.45) is 0 Å². The molecule has 94 valence electrons. The number of anilines is 2. The minimum atomic E-state index is 0.468. The Morgan fingerprint density at radius 3 is 2.39 bits per heavy atom. The molecule has 0 radical (unpaired) electrons. The average molecular weight is 263 g/mol. The number of ether oxygens (including phenoxy) is 1. The highest BCUT2D eigenvalue weighted by atomic mass is 35.5. The number of rotatable bonds is 4. The van der Waals surface area contributed by atoms with Gasteiger partial charge < -0.3 is 16.2 Å². The van der Waals surface area contributed by atoms with E-state index < -0.39 is 0 Å². The molecular formula is C14H15ClN2O. The van der Waals surface area contributed by atoms with Gasteiger partial charge in [0, 0.05) is 12.5 Å². The highest BCUT2D eigenvalue weighted by Crippen LogP contribution is 2.31. The summed E-state index contributed by atoms with van der Waals surface area (Å²) in [5.41, 5.74) is 13.5. The molecule has 3 nitrogen and oxygen atoms in total. The summed E-state index contributed by atoms with van der Waals surface area (Å²) in [7, 11) is 0. The van der Waals surface area contributed by atoms with Crippen molar-refractivity contribution in [2.75, 3.05) is 18.1 Å². The Hall–Kier alpha value is -1.87. The van der Waals surface area contributed by atoms with E-state index in [1.54, 1.807) is 12.1 Å². The number of nitrogens with two attached hydrogens (primary N) is 2. The third kappa shape index (κ3) is 3.08. The lowest BCUT2D eigenvalue weighted by atomic mass is 10.2. The molecule has 2 rings (SSSR count). The molecule has 0 saturated carbocycles. The van der Waals surface area contributed by atoms with Crippen LogP contribution in [0.5, 0.6) is 5.75 Å². The minimum absolute atomic E-state index is 0.468. The fourth-order valence-electron chi connectivity index (χ4n) is 1.62. The van der Waals surface area contributed by atoms with Crippen molar-refractivity contribution in [2.45, 2.75) is 6.42 Å². The molecule has 0 bridgehead atoms. The number of halogens is 1. The molecule has 4 N–H and O–H groups in total. The van der Waals surface area contributed by atoms with Crippen molar-refractivity contribution in [3.63, 3.8) is 0 Å². The van der Waals surface area contributed by atoms with Gasteiger partial charge in [-0.05, 0) is 11.6 Å². The van der Waals surface area contributed by atoms with Crippen LogP contribution in [0.25, 0.3) is 0 Å². The summed E-state index contributed by atoms with van der Waals surface area (Å²) in [6.07, 6.45) is 0.821. The minimum Gasteiger partial charge on any atom is -0.492 e. The van der Waals surface area contributed by atoms with E-state index in [4.69, 9.17) is 27.8 Å². The molecule has 0 saturated heterocycles. The number of benzene rings is 2. The molecule has 0 atom stereocenters. The van der Waals surface area contributed by atoms with Crippen LogP contribution in [0.1, 0.15) is 5.56 Å². The maximum atomic E-state index is 6.02. The zero-order valence-corrected chi connectivity index (χ0v) is 10.7. The summed E-state index contributed by atoms with van der Waals surface area (Å²) >= 11 is 6.02. The van der Waals surface area contributed by atoms with E-state index in [1.807, 2.05) is 18.2 Å². The molecule has 0 aliphatic heterocycles. The van der Waals surface area contributed by atoms with Crippen LogP contribution in [-0.4, -0.2) is 6.61 Å². The van der Waals surface area contributed by atoms with E-state index in [1.165, 1.54) is 5.56 Å². The van der Waals surface area contributed by atoms with Crippen LogP contribution in [0.2, 0.25) is 5.02 Å². The zero-order chi connectivity index (χ0) is 13.0. The van der Waals surface area contributed by atoms with E-state index in [-0.39, 0.29) is 0 Å². The van der Waals surface area contributed by atoms with Gasteiger partial charge in [0.1, 0.15) is 5.75 Å². The SMILES string of the molecule is Nc1cc(Cl)c(OCCc2ccccc2)cc1N. The van der Waals surface area contributed by atoms with Crippen molar-refractivity contribution in [3.8, 4) is 5.75 Å². The monoisotopic (exact) mass is 262 g/mol. The summed E-state index contributed by atoms with van der Waals surface area (Å²) in [4.78, 5) is 0. The Morgan fingerprint density at radius 2 is 1.67 bits per heavy atom. The molecule has 0 fully saturated rings. The molecule has 0 spiro atoms. The number of hydrogen-bond donors (Lipinski definition) is 2. The number of hydrogen-bond acceptors (Lipinski definition) is 3. The van der Waals surface area contributed by atoms with Crippen molar-refractivity contribution in [1.82, 2.24) is 0 Å². The van der Waals surface area contributed by atoms with Gasteiger partial charge in [0.05, 0.1) is 23.0 Å². The predicted molar refractivity (Wildman–Crippen MR) is 75.9 cm³/mol. The molecule has 0 aromatic heterocycles. The van der Waals surface area contributed by atoms with Crippen LogP contribution >= 0.6 is 11.6 Å².